The molecule has 0 bridgehead atoms. The quantitative estimate of drug-likeness (QED) is 0.202. The van der Waals surface area contributed by atoms with E-state index in [1.165, 1.54) is 0 Å². The molecule has 0 spiro atoms. The summed E-state index contributed by atoms with van der Waals surface area (Å²) >= 11 is 0. The van der Waals surface area contributed by atoms with Crippen molar-refractivity contribution in [2.24, 2.45) is 0 Å². The molecule has 0 fully saturated rings. The smallest absolute Gasteiger partial charge is 0.432 e. The Hall–Kier alpha value is -2.51. The lowest BCUT2D eigenvalue weighted by Crippen LogP contribution is -2.21. The lowest BCUT2D eigenvalue weighted by Gasteiger charge is -2.06. The van der Waals surface area contributed by atoms with Crippen LogP contribution in [0.2, 0.25) is 0 Å². The van der Waals surface area contributed by atoms with Crippen LogP contribution in [-0.2, 0) is 23.7 Å². The van der Waals surface area contributed by atoms with Gasteiger partial charge in [0.1, 0.15) is 13.2 Å². The van der Waals surface area contributed by atoms with Crippen LogP contribution < -0.4 is 0 Å². The maximum atomic E-state index is 11.7. The van der Waals surface area contributed by atoms with Gasteiger partial charge in [-0.3, -0.25) is 9.59 Å². The normalized spacial score (nSPS) is 9.91. The zero-order valence-electron chi connectivity index (χ0n) is 12.6. The molecule has 0 saturated heterocycles. The third-order valence-corrected chi connectivity index (χ3v) is 2.52. The van der Waals surface area contributed by atoms with Crippen LogP contribution in [0.5, 0.6) is 0 Å². The second kappa shape index (κ2) is 11.1. The molecule has 1 rings (SSSR count). The van der Waals surface area contributed by atoms with Crippen molar-refractivity contribution in [3.8, 4) is 0 Å². The van der Waals surface area contributed by atoms with Crippen molar-refractivity contribution in [1.29, 1.82) is 0 Å². The molecule has 0 aliphatic rings. The first kappa shape index (κ1) is 18.5. The van der Waals surface area contributed by atoms with Crippen LogP contribution >= 0.6 is 0 Å². The number of ether oxygens (including phenoxy) is 4. The van der Waals surface area contributed by atoms with Gasteiger partial charge >= 0.3 is 6.16 Å². The fourth-order valence-electron chi connectivity index (χ4n) is 1.49. The zero-order valence-corrected chi connectivity index (χ0v) is 12.6. The highest BCUT2D eigenvalue weighted by Gasteiger charge is 2.15. The molecule has 1 aromatic carbocycles. The van der Waals surface area contributed by atoms with Gasteiger partial charge in [0.15, 0.2) is 0 Å². The van der Waals surface area contributed by atoms with Gasteiger partial charge in [-0.2, -0.15) is 0 Å². The summed E-state index contributed by atoms with van der Waals surface area (Å²) in [7, 11) is 0. The Morgan fingerprint density at radius 1 is 0.957 bits per heavy atom. The Bertz CT molecular complexity index is 524. The summed E-state index contributed by atoms with van der Waals surface area (Å²) in [6.07, 6.45) is 0.106. The predicted octanol–water partition coefficient (Wildman–Crippen LogP) is 1.77. The van der Waals surface area contributed by atoms with E-state index in [1.54, 1.807) is 30.3 Å². The molecule has 0 atom stereocenters. The van der Waals surface area contributed by atoms with Crippen molar-refractivity contribution in [1.82, 2.24) is 0 Å². The number of hydrogen-bond acceptors (Lipinski definition) is 7. The van der Waals surface area contributed by atoms with Gasteiger partial charge in [0, 0.05) is 5.56 Å². The van der Waals surface area contributed by atoms with Gasteiger partial charge in [-0.15, -0.1) is 0 Å². The highest BCUT2D eigenvalue weighted by Crippen LogP contribution is 2.01. The maximum absolute atomic E-state index is 11.7. The molecular weight excluding hydrogens is 304 g/mol. The van der Waals surface area contributed by atoms with Gasteiger partial charge in [-0.05, 0) is 0 Å². The van der Waals surface area contributed by atoms with E-state index in [0.29, 0.717) is 5.56 Å². The average molecular weight is 322 g/mol. The van der Waals surface area contributed by atoms with E-state index in [1.807, 2.05) is 0 Å². The minimum atomic E-state index is -0.857. The third-order valence-electron chi connectivity index (χ3n) is 2.52. The van der Waals surface area contributed by atoms with Gasteiger partial charge in [0.05, 0.1) is 26.1 Å². The summed E-state index contributed by atoms with van der Waals surface area (Å²) in [5, 5.41) is 0. The van der Waals surface area contributed by atoms with Crippen LogP contribution in [0, 0.1) is 0 Å². The summed E-state index contributed by atoms with van der Waals surface area (Å²) < 4.78 is 19.1. The van der Waals surface area contributed by atoms with Crippen molar-refractivity contribution >= 4 is 17.7 Å². The summed E-state index contributed by atoms with van der Waals surface area (Å²) in [4.78, 5) is 34.1. The van der Waals surface area contributed by atoms with Crippen molar-refractivity contribution in [3.05, 3.63) is 48.7 Å². The van der Waals surface area contributed by atoms with E-state index in [0.717, 1.165) is 6.26 Å². The van der Waals surface area contributed by atoms with Gasteiger partial charge in [-0.25, -0.2) is 4.79 Å². The highest BCUT2D eigenvalue weighted by atomic mass is 16.7. The molecule has 0 heterocycles. The topological polar surface area (TPSA) is 88.1 Å². The van der Waals surface area contributed by atoms with E-state index in [2.05, 4.69) is 16.1 Å². The summed E-state index contributed by atoms with van der Waals surface area (Å²) in [6, 6.07) is 8.27. The zero-order chi connectivity index (χ0) is 16.9. The van der Waals surface area contributed by atoms with Crippen LogP contribution in [0.3, 0.4) is 0 Å². The van der Waals surface area contributed by atoms with Crippen LogP contribution in [0.1, 0.15) is 10.4 Å². The van der Waals surface area contributed by atoms with Crippen molar-refractivity contribution < 1.29 is 33.3 Å². The minimum absolute atomic E-state index is 0.0259. The lowest BCUT2D eigenvalue weighted by atomic mass is 10.1. The first-order valence-corrected chi connectivity index (χ1v) is 6.87. The summed E-state index contributed by atoms with van der Waals surface area (Å²) in [6.45, 7) is 3.43. The van der Waals surface area contributed by atoms with E-state index in [-0.39, 0.29) is 33.0 Å². The molecular formula is C16H18O7. The summed E-state index contributed by atoms with van der Waals surface area (Å²) in [5.41, 5.74) is 0.334. The maximum Gasteiger partial charge on any atom is 0.513 e. The Morgan fingerprint density at radius 2 is 1.61 bits per heavy atom. The molecule has 0 unspecified atom stereocenters. The number of Topliss-reactive ketones (excluding diaryl/α,β-unsaturated/α-hetero) is 2. The van der Waals surface area contributed by atoms with Gasteiger partial charge in [-0.1, -0.05) is 36.9 Å². The van der Waals surface area contributed by atoms with E-state index in [9.17, 15) is 14.4 Å². The monoisotopic (exact) mass is 322 g/mol. The molecule has 0 aromatic heterocycles. The highest BCUT2D eigenvalue weighted by molar-refractivity contribution is 6.44. The fraction of sp³-hybridized carbons (Fsp3) is 0.312. The molecule has 1 aromatic rings. The van der Waals surface area contributed by atoms with Crippen molar-refractivity contribution in [2.75, 3.05) is 33.0 Å². The van der Waals surface area contributed by atoms with Crippen LogP contribution in [-0.4, -0.2) is 50.8 Å². The van der Waals surface area contributed by atoms with E-state index >= 15 is 0 Å². The standard InChI is InChI=1S/C16H18O7/c1-2-22-16(19)23-11-10-20-8-9-21-12-14(17)15(18)13-6-4-3-5-7-13/h2-7H,1,8-12H2. The van der Waals surface area contributed by atoms with Gasteiger partial charge in [0.25, 0.3) is 0 Å². The van der Waals surface area contributed by atoms with Crippen molar-refractivity contribution in [2.45, 2.75) is 0 Å². The average Bonchev–Trinajstić information content (AvgIpc) is 2.57. The third kappa shape index (κ3) is 7.89. The molecule has 0 saturated carbocycles. The predicted molar refractivity (Wildman–Crippen MR) is 80.0 cm³/mol. The first-order chi connectivity index (χ1) is 11.1. The molecule has 23 heavy (non-hydrogen) atoms. The molecule has 124 valence electrons. The Balaban J connectivity index is 2.04. The number of ketones is 2. The SMILES string of the molecule is C=COC(=O)OCCOCCOCC(=O)C(=O)c1ccccc1. The van der Waals surface area contributed by atoms with Gasteiger partial charge < -0.3 is 18.9 Å². The molecule has 0 amide bonds. The number of carbonyl (C=O) groups is 3. The van der Waals surface area contributed by atoms with Crippen LogP contribution in [0.25, 0.3) is 0 Å². The second-order valence-corrected chi connectivity index (χ2v) is 4.17. The Kier molecular flexibility index (Phi) is 8.95. The van der Waals surface area contributed by atoms with E-state index < -0.39 is 17.7 Å². The number of rotatable bonds is 11. The molecule has 0 radical (unpaired) electrons. The largest absolute Gasteiger partial charge is 0.513 e. The molecule has 7 nitrogen and oxygen atoms in total. The number of carbonyl (C=O) groups excluding carboxylic acids is 3. The Labute approximate surface area is 133 Å². The molecule has 7 heteroatoms. The molecule has 0 N–H and O–H groups in total. The lowest BCUT2D eigenvalue weighted by molar-refractivity contribution is -0.120. The van der Waals surface area contributed by atoms with Gasteiger partial charge in [0.2, 0.25) is 11.6 Å². The fourth-order valence-corrected chi connectivity index (χ4v) is 1.49. The molecule has 0 aliphatic heterocycles. The van der Waals surface area contributed by atoms with E-state index in [4.69, 9.17) is 9.47 Å². The minimum Gasteiger partial charge on any atom is -0.432 e. The Morgan fingerprint density at radius 3 is 2.30 bits per heavy atom. The van der Waals surface area contributed by atoms with Crippen molar-refractivity contribution in [3.63, 3.8) is 0 Å². The first-order valence-electron chi connectivity index (χ1n) is 6.87. The van der Waals surface area contributed by atoms with Crippen LogP contribution in [0.15, 0.2) is 43.2 Å². The summed E-state index contributed by atoms with van der Waals surface area (Å²) in [5.74, 6) is -1.20. The second-order valence-electron chi connectivity index (χ2n) is 4.17. The molecule has 0 aliphatic carbocycles. The van der Waals surface area contributed by atoms with Crippen LogP contribution in [0.4, 0.5) is 4.79 Å². The number of benzene rings is 1. The number of hydrogen-bond donors (Lipinski definition) is 0.